The Morgan fingerprint density at radius 1 is 0.938 bits per heavy atom. The van der Waals surface area contributed by atoms with Gasteiger partial charge in [0.1, 0.15) is 0 Å². The van der Waals surface area contributed by atoms with Crippen molar-refractivity contribution in [1.82, 2.24) is 5.32 Å². The van der Waals surface area contributed by atoms with Crippen molar-refractivity contribution in [2.75, 3.05) is 13.1 Å². The fourth-order valence-electron chi connectivity index (χ4n) is 1.34. The maximum Gasteiger partial charge on any atom is 0.00975 e. The Hall–Kier alpha value is -0.0800. The maximum atomic E-state index is 5.94. The van der Waals surface area contributed by atoms with Gasteiger partial charge in [0.25, 0.3) is 0 Å². The number of hydrogen-bond donors (Lipinski definition) is 2. The van der Waals surface area contributed by atoms with E-state index in [9.17, 15) is 0 Å². The largest absolute Gasteiger partial charge is 0.326 e. The van der Waals surface area contributed by atoms with Crippen molar-refractivity contribution >= 4 is 0 Å². The predicted molar refractivity (Wildman–Crippen MR) is 73.6 cm³/mol. The monoisotopic (exact) mass is 228 g/mol. The van der Waals surface area contributed by atoms with Crippen molar-refractivity contribution in [2.45, 2.75) is 66.8 Å². The molecule has 0 aliphatic rings. The summed E-state index contributed by atoms with van der Waals surface area (Å²) in [4.78, 5) is 0. The van der Waals surface area contributed by atoms with Crippen molar-refractivity contribution in [3.05, 3.63) is 0 Å². The molecule has 0 aromatic heterocycles. The molecule has 2 heteroatoms. The second-order valence-corrected chi connectivity index (χ2v) is 7.40. The molecule has 0 aliphatic carbocycles. The molecule has 0 rings (SSSR count). The van der Waals surface area contributed by atoms with E-state index < -0.39 is 0 Å². The second kappa shape index (κ2) is 5.50. The molecule has 16 heavy (non-hydrogen) atoms. The van der Waals surface area contributed by atoms with Crippen molar-refractivity contribution in [1.29, 1.82) is 0 Å². The van der Waals surface area contributed by atoms with Crippen LogP contribution in [0.4, 0.5) is 0 Å². The number of nitrogens with one attached hydrogen (secondary N) is 1. The molecule has 0 aromatic rings. The molecule has 0 saturated carbocycles. The van der Waals surface area contributed by atoms with E-state index in [1.54, 1.807) is 0 Å². The summed E-state index contributed by atoms with van der Waals surface area (Å²) in [6.45, 7) is 17.9. The Bertz CT molecular complexity index is 194. The van der Waals surface area contributed by atoms with E-state index in [-0.39, 0.29) is 5.54 Å². The summed E-state index contributed by atoms with van der Waals surface area (Å²) in [5, 5.41) is 3.55. The maximum absolute atomic E-state index is 5.94. The van der Waals surface area contributed by atoms with E-state index in [4.69, 9.17) is 5.73 Å². The lowest BCUT2D eigenvalue weighted by Gasteiger charge is -2.39. The van der Waals surface area contributed by atoms with Gasteiger partial charge in [-0.1, -0.05) is 34.6 Å². The number of nitrogens with two attached hydrogens (primary N) is 1. The molecule has 0 spiro atoms. The van der Waals surface area contributed by atoms with E-state index in [0.717, 1.165) is 25.9 Å². The van der Waals surface area contributed by atoms with Crippen LogP contribution in [0.25, 0.3) is 0 Å². The molecular formula is C14H32N2. The van der Waals surface area contributed by atoms with Crippen LogP contribution in [0.1, 0.15) is 61.3 Å². The summed E-state index contributed by atoms with van der Waals surface area (Å²) in [5.41, 5.74) is 6.58. The second-order valence-electron chi connectivity index (χ2n) is 7.40. The minimum atomic E-state index is -0.0266. The zero-order chi connectivity index (χ0) is 13.0. The van der Waals surface area contributed by atoms with E-state index >= 15 is 0 Å². The highest BCUT2D eigenvalue weighted by Gasteiger charge is 2.31. The molecular weight excluding hydrogens is 196 g/mol. The van der Waals surface area contributed by atoms with Gasteiger partial charge >= 0.3 is 0 Å². The molecule has 0 heterocycles. The SMILES string of the molecule is CC(C)(N)CCCNCC(C)(C)C(C)(C)C. The van der Waals surface area contributed by atoms with Crippen LogP contribution in [0, 0.1) is 10.8 Å². The van der Waals surface area contributed by atoms with Crippen LogP contribution in [-0.4, -0.2) is 18.6 Å². The van der Waals surface area contributed by atoms with Crippen molar-refractivity contribution in [3.8, 4) is 0 Å². The Kier molecular flexibility index (Phi) is 5.48. The molecule has 0 radical (unpaired) electrons. The molecule has 0 amide bonds. The zero-order valence-corrected chi connectivity index (χ0v) is 12.4. The third kappa shape index (κ3) is 6.49. The van der Waals surface area contributed by atoms with Crippen LogP contribution in [0.15, 0.2) is 0 Å². The van der Waals surface area contributed by atoms with Crippen LogP contribution < -0.4 is 11.1 Å². The quantitative estimate of drug-likeness (QED) is 0.685. The highest BCUT2D eigenvalue weighted by Crippen LogP contribution is 2.36. The summed E-state index contributed by atoms with van der Waals surface area (Å²) in [6.07, 6.45) is 2.24. The molecule has 0 bridgehead atoms. The number of rotatable bonds is 6. The van der Waals surface area contributed by atoms with Gasteiger partial charge in [-0.3, -0.25) is 0 Å². The minimum Gasteiger partial charge on any atom is -0.326 e. The molecule has 0 unspecified atom stereocenters. The molecule has 3 N–H and O–H groups in total. The summed E-state index contributed by atoms with van der Waals surface area (Å²) in [6, 6.07) is 0. The Morgan fingerprint density at radius 3 is 1.81 bits per heavy atom. The molecule has 0 atom stereocenters. The molecule has 0 saturated heterocycles. The average molecular weight is 228 g/mol. The first-order valence-electron chi connectivity index (χ1n) is 6.45. The van der Waals surface area contributed by atoms with Crippen LogP contribution in [0.2, 0.25) is 0 Å². The third-order valence-corrected chi connectivity index (χ3v) is 3.77. The Balaban J connectivity index is 3.75. The zero-order valence-electron chi connectivity index (χ0n) is 12.4. The van der Waals surface area contributed by atoms with E-state index in [1.165, 1.54) is 0 Å². The fourth-order valence-corrected chi connectivity index (χ4v) is 1.34. The van der Waals surface area contributed by atoms with Crippen molar-refractivity contribution in [2.24, 2.45) is 16.6 Å². The highest BCUT2D eigenvalue weighted by atomic mass is 14.9. The first-order chi connectivity index (χ1) is 6.96. The summed E-state index contributed by atoms with van der Waals surface area (Å²) in [7, 11) is 0. The van der Waals surface area contributed by atoms with Crippen molar-refractivity contribution in [3.63, 3.8) is 0 Å². The summed E-state index contributed by atoms with van der Waals surface area (Å²) >= 11 is 0. The van der Waals surface area contributed by atoms with E-state index in [2.05, 4.69) is 53.8 Å². The fraction of sp³-hybridized carbons (Fsp3) is 1.00. The van der Waals surface area contributed by atoms with Gasteiger partial charge in [-0.25, -0.2) is 0 Å². The minimum absolute atomic E-state index is 0.0266. The van der Waals surface area contributed by atoms with Gasteiger partial charge in [-0.15, -0.1) is 0 Å². The van der Waals surface area contributed by atoms with Crippen LogP contribution >= 0.6 is 0 Å². The van der Waals surface area contributed by atoms with Gasteiger partial charge < -0.3 is 11.1 Å². The molecule has 0 aromatic carbocycles. The number of hydrogen-bond acceptors (Lipinski definition) is 2. The van der Waals surface area contributed by atoms with Crippen LogP contribution in [0.3, 0.4) is 0 Å². The lowest BCUT2D eigenvalue weighted by atomic mass is 9.69. The normalized spacial score (nSPS) is 14.2. The van der Waals surface area contributed by atoms with Gasteiger partial charge in [0.15, 0.2) is 0 Å². The van der Waals surface area contributed by atoms with Crippen LogP contribution in [0.5, 0.6) is 0 Å². The van der Waals surface area contributed by atoms with Gasteiger partial charge in [0, 0.05) is 12.1 Å². The molecule has 98 valence electrons. The predicted octanol–water partition coefficient (Wildman–Crippen LogP) is 3.17. The average Bonchev–Trinajstić information content (AvgIpc) is 1.98. The standard InChI is InChI=1S/C14H32N2/c1-12(2,3)13(4,5)11-16-10-8-9-14(6,7)15/h16H,8-11,15H2,1-7H3. The summed E-state index contributed by atoms with van der Waals surface area (Å²) in [5.74, 6) is 0. The van der Waals surface area contributed by atoms with Gasteiger partial charge in [0.05, 0.1) is 0 Å². The smallest absolute Gasteiger partial charge is 0.00975 e. The summed E-state index contributed by atoms with van der Waals surface area (Å²) < 4.78 is 0. The van der Waals surface area contributed by atoms with Gasteiger partial charge in [-0.05, 0) is 44.1 Å². The van der Waals surface area contributed by atoms with Crippen LogP contribution in [-0.2, 0) is 0 Å². The molecule has 0 fully saturated rings. The Morgan fingerprint density at radius 2 is 1.44 bits per heavy atom. The van der Waals surface area contributed by atoms with E-state index in [1.807, 2.05) is 0 Å². The Labute approximate surface area is 102 Å². The van der Waals surface area contributed by atoms with E-state index in [0.29, 0.717) is 10.8 Å². The third-order valence-electron chi connectivity index (χ3n) is 3.77. The topological polar surface area (TPSA) is 38.0 Å². The first-order valence-corrected chi connectivity index (χ1v) is 6.45. The lowest BCUT2D eigenvalue weighted by molar-refractivity contribution is 0.129. The first kappa shape index (κ1) is 15.9. The molecule has 2 nitrogen and oxygen atoms in total. The van der Waals surface area contributed by atoms with Gasteiger partial charge in [-0.2, -0.15) is 0 Å². The lowest BCUT2D eigenvalue weighted by Crippen LogP contribution is -2.40. The molecule has 0 aliphatic heterocycles. The van der Waals surface area contributed by atoms with Crippen molar-refractivity contribution < 1.29 is 0 Å². The van der Waals surface area contributed by atoms with Gasteiger partial charge in [0.2, 0.25) is 0 Å². The highest BCUT2D eigenvalue weighted by molar-refractivity contribution is 4.84.